The van der Waals surface area contributed by atoms with Gasteiger partial charge in [-0.3, -0.25) is 0 Å². The molecular formula is C46H40N2O6S. The smallest absolute Gasteiger partial charge is 0.180 e. The quantitative estimate of drug-likeness (QED) is 0.122. The molecule has 1 aliphatic heterocycles. The summed E-state index contributed by atoms with van der Waals surface area (Å²) in [6.45, 7) is 0.989. The van der Waals surface area contributed by atoms with Crippen LogP contribution < -0.4 is 38.2 Å². The molecule has 276 valence electrons. The van der Waals surface area contributed by atoms with Crippen molar-refractivity contribution in [1.82, 2.24) is 0 Å². The second-order valence-corrected chi connectivity index (χ2v) is 13.7. The molecule has 0 bridgehead atoms. The third-order valence-electron chi connectivity index (χ3n) is 9.50. The first-order chi connectivity index (χ1) is 27.1. The summed E-state index contributed by atoms with van der Waals surface area (Å²) >= 11 is 1.68. The van der Waals surface area contributed by atoms with Crippen LogP contribution in [-0.2, 0) is 0 Å². The Kier molecular flexibility index (Phi) is 10.2. The molecule has 0 saturated heterocycles. The van der Waals surface area contributed by atoms with Gasteiger partial charge in [-0.05, 0) is 132 Å². The molecule has 0 N–H and O–H groups in total. The number of nitrogens with zero attached hydrogens (tertiary/aromatic N) is 2. The van der Waals surface area contributed by atoms with E-state index in [1.165, 1.54) is 0 Å². The van der Waals surface area contributed by atoms with Crippen molar-refractivity contribution < 1.29 is 28.4 Å². The summed E-state index contributed by atoms with van der Waals surface area (Å²) in [6, 6.07) is 49.4. The van der Waals surface area contributed by atoms with Gasteiger partial charge in [-0.25, -0.2) is 0 Å². The lowest BCUT2D eigenvalue weighted by atomic mass is 10.1. The van der Waals surface area contributed by atoms with Crippen molar-refractivity contribution in [1.29, 1.82) is 0 Å². The molecule has 1 aromatic heterocycles. The third-order valence-corrected chi connectivity index (χ3v) is 10.7. The highest BCUT2D eigenvalue weighted by molar-refractivity contribution is 7.19. The maximum atomic E-state index is 6.31. The van der Waals surface area contributed by atoms with Crippen molar-refractivity contribution in [3.8, 4) is 55.4 Å². The van der Waals surface area contributed by atoms with Gasteiger partial charge in [0.15, 0.2) is 11.5 Å². The molecule has 8 rings (SSSR count). The Hall–Kier alpha value is -6.58. The lowest BCUT2D eigenvalue weighted by molar-refractivity contribution is 0.175. The third kappa shape index (κ3) is 7.22. The zero-order valence-corrected chi connectivity index (χ0v) is 31.8. The monoisotopic (exact) mass is 748 g/mol. The summed E-state index contributed by atoms with van der Waals surface area (Å²) in [7, 11) is 6.70. The highest BCUT2D eigenvalue weighted by Crippen LogP contribution is 2.54. The predicted octanol–water partition coefficient (Wildman–Crippen LogP) is 11.8. The fourth-order valence-corrected chi connectivity index (χ4v) is 7.87. The van der Waals surface area contributed by atoms with E-state index in [1.54, 1.807) is 39.8 Å². The van der Waals surface area contributed by atoms with Gasteiger partial charge in [0.25, 0.3) is 0 Å². The van der Waals surface area contributed by atoms with Crippen LogP contribution >= 0.6 is 11.3 Å². The molecule has 0 saturated carbocycles. The van der Waals surface area contributed by atoms with E-state index >= 15 is 0 Å². The van der Waals surface area contributed by atoms with Gasteiger partial charge in [0, 0.05) is 34.1 Å². The first kappa shape index (κ1) is 35.4. The molecule has 0 fully saturated rings. The van der Waals surface area contributed by atoms with Crippen LogP contribution in [0.15, 0.2) is 146 Å². The minimum atomic E-state index is 0.495. The summed E-state index contributed by atoms with van der Waals surface area (Å²) in [4.78, 5) is 6.47. The van der Waals surface area contributed by atoms with E-state index in [1.807, 2.05) is 48.5 Å². The molecule has 1 aliphatic rings. The summed E-state index contributed by atoms with van der Waals surface area (Å²) in [5.41, 5.74) is 8.14. The average molecular weight is 749 g/mol. The van der Waals surface area contributed by atoms with Crippen LogP contribution in [0.25, 0.3) is 20.9 Å². The Morgan fingerprint density at radius 2 is 0.600 bits per heavy atom. The number of hydrogen-bond acceptors (Lipinski definition) is 9. The number of rotatable bonds is 12. The number of anilines is 6. The van der Waals surface area contributed by atoms with Crippen LogP contribution in [0.2, 0.25) is 0 Å². The molecule has 2 heterocycles. The zero-order valence-electron chi connectivity index (χ0n) is 31.0. The van der Waals surface area contributed by atoms with Gasteiger partial charge in [-0.15, -0.1) is 11.3 Å². The van der Waals surface area contributed by atoms with Crippen molar-refractivity contribution >= 4 is 45.5 Å². The molecule has 0 atom stereocenters. The van der Waals surface area contributed by atoms with E-state index in [4.69, 9.17) is 28.4 Å². The molecule has 55 heavy (non-hydrogen) atoms. The van der Waals surface area contributed by atoms with Crippen LogP contribution in [0.4, 0.5) is 34.1 Å². The van der Waals surface area contributed by atoms with Gasteiger partial charge >= 0.3 is 0 Å². The maximum Gasteiger partial charge on any atom is 0.180 e. The molecule has 9 heteroatoms. The highest BCUT2D eigenvalue weighted by Gasteiger charge is 2.27. The van der Waals surface area contributed by atoms with E-state index in [0.717, 1.165) is 89.5 Å². The molecule has 0 spiro atoms. The Balaban J connectivity index is 1.13. The molecule has 8 nitrogen and oxygen atoms in total. The molecule has 0 radical (unpaired) electrons. The Morgan fingerprint density at radius 3 is 0.836 bits per heavy atom. The lowest BCUT2D eigenvalue weighted by Gasteiger charge is -2.26. The first-order valence-corrected chi connectivity index (χ1v) is 18.7. The Morgan fingerprint density at radius 1 is 0.364 bits per heavy atom. The minimum Gasteiger partial charge on any atom is -0.497 e. The second kappa shape index (κ2) is 15.8. The van der Waals surface area contributed by atoms with Crippen LogP contribution in [0.3, 0.4) is 0 Å². The minimum absolute atomic E-state index is 0.495. The number of thiophene rings is 1. The highest BCUT2D eigenvalue weighted by atomic mass is 32.1. The van der Waals surface area contributed by atoms with E-state index in [9.17, 15) is 0 Å². The van der Waals surface area contributed by atoms with Gasteiger partial charge in [-0.2, -0.15) is 0 Å². The van der Waals surface area contributed by atoms with E-state index in [0.29, 0.717) is 13.2 Å². The van der Waals surface area contributed by atoms with Gasteiger partial charge in [0.1, 0.15) is 36.2 Å². The van der Waals surface area contributed by atoms with Crippen molar-refractivity contribution in [2.24, 2.45) is 0 Å². The summed E-state index contributed by atoms with van der Waals surface area (Å²) in [6.07, 6.45) is 0. The first-order valence-electron chi connectivity index (χ1n) is 17.9. The molecule has 0 aliphatic carbocycles. The molecule has 7 aromatic rings. The van der Waals surface area contributed by atoms with E-state index in [-0.39, 0.29) is 0 Å². The fourth-order valence-electron chi connectivity index (χ4n) is 6.67. The number of methoxy groups -OCH3 is 4. The Bertz CT molecular complexity index is 2080. The largest absolute Gasteiger partial charge is 0.497 e. The predicted molar refractivity (Wildman–Crippen MR) is 222 cm³/mol. The van der Waals surface area contributed by atoms with Crippen LogP contribution in [0.5, 0.6) is 34.5 Å². The van der Waals surface area contributed by atoms with Crippen molar-refractivity contribution in [2.75, 3.05) is 51.5 Å². The molecule has 0 amide bonds. The van der Waals surface area contributed by atoms with Crippen molar-refractivity contribution in [2.45, 2.75) is 0 Å². The van der Waals surface area contributed by atoms with Crippen LogP contribution in [-0.4, -0.2) is 41.7 Å². The average Bonchev–Trinajstić information content (AvgIpc) is 3.65. The Labute approximate surface area is 325 Å². The maximum absolute atomic E-state index is 6.31. The van der Waals surface area contributed by atoms with Crippen molar-refractivity contribution in [3.63, 3.8) is 0 Å². The van der Waals surface area contributed by atoms with E-state index in [2.05, 4.69) is 107 Å². The van der Waals surface area contributed by atoms with Gasteiger partial charge in [0.05, 0.1) is 38.2 Å². The van der Waals surface area contributed by atoms with Gasteiger partial charge in [0.2, 0.25) is 0 Å². The topological polar surface area (TPSA) is 61.9 Å². The zero-order chi connectivity index (χ0) is 37.7. The van der Waals surface area contributed by atoms with Gasteiger partial charge in [-0.1, -0.05) is 24.3 Å². The molecular weight excluding hydrogens is 709 g/mol. The number of hydrogen-bond donors (Lipinski definition) is 0. The summed E-state index contributed by atoms with van der Waals surface area (Å²) in [5, 5.41) is 0. The summed E-state index contributed by atoms with van der Waals surface area (Å²) in [5.74, 6) is 4.77. The fraction of sp³-hybridized carbons (Fsp3) is 0.130. The second-order valence-electron chi connectivity index (χ2n) is 12.7. The number of ether oxygens (including phenoxy) is 6. The van der Waals surface area contributed by atoms with Gasteiger partial charge < -0.3 is 38.2 Å². The molecule has 6 aromatic carbocycles. The van der Waals surface area contributed by atoms with Crippen LogP contribution in [0, 0.1) is 0 Å². The number of fused-ring (bicyclic) bond motifs is 1. The lowest BCUT2D eigenvalue weighted by Crippen LogP contribution is -2.14. The SMILES string of the molecule is COc1ccc(N(c2ccc(OC)cc2)c2ccc(-c3sc(-c4ccc(N(c5ccc(OC)cc5)c5ccc(OC)cc5)cc4)c4c3OCCO4)cc2)cc1. The van der Waals surface area contributed by atoms with Crippen molar-refractivity contribution in [3.05, 3.63) is 146 Å². The standard InChI is InChI=1S/C46H40N2O6S/c1-49-39-21-13-35(14-22-39)47(36-15-23-40(50-2)24-16-36)33-9-5-31(6-10-33)45-43-44(54-30-29-53-43)46(55-45)32-7-11-34(12-8-32)48(37-17-25-41(51-3)26-18-37)38-19-27-42(52-4)28-20-38/h5-28H,29-30H2,1-4H3. The normalized spacial score (nSPS) is 11.8. The molecule has 0 unspecified atom stereocenters. The summed E-state index contributed by atoms with van der Waals surface area (Å²) < 4.78 is 34.4. The number of benzene rings is 6. The van der Waals surface area contributed by atoms with E-state index < -0.39 is 0 Å². The van der Waals surface area contributed by atoms with Crippen LogP contribution in [0.1, 0.15) is 0 Å².